The van der Waals surface area contributed by atoms with Crippen molar-refractivity contribution in [1.29, 1.82) is 0 Å². The number of hydrogen-bond acceptors (Lipinski definition) is 4. The second kappa shape index (κ2) is 13.7. The highest BCUT2D eigenvalue weighted by Crippen LogP contribution is 2.16. The van der Waals surface area contributed by atoms with E-state index < -0.39 is 5.91 Å². The molecule has 10 heteroatoms. The second-order valence-electron chi connectivity index (χ2n) is 6.53. The molecule has 0 spiro atoms. The van der Waals surface area contributed by atoms with Crippen molar-refractivity contribution in [2.24, 2.45) is 10.7 Å². The average Bonchev–Trinajstić information content (AvgIpc) is 2.74. The summed E-state index contributed by atoms with van der Waals surface area (Å²) in [5, 5.41) is 9.53. The zero-order valence-corrected chi connectivity index (χ0v) is 20.4. The van der Waals surface area contributed by atoms with Gasteiger partial charge in [-0.15, -0.1) is 24.0 Å². The molecule has 5 N–H and O–H groups in total. The number of benzene rings is 2. The van der Waals surface area contributed by atoms with Crippen molar-refractivity contribution in [3.8, 4) is 5.75 Å². The normalized spacial score (nSPS) is 11.6. The minimum absolute atomic E-state index is 0. The van der Waals surface area contributed by atoms with Gasteiger partial charge < -0.3 is 26.4 Å². The molecule has 8 nitrogen and oxygen atoms in total. The summed E-state index contributed by atoms with van der Waals surface area (Å²) in [7, 11) is 1.69. The number of halogens is 2. The highest BCUT2D eigenvalue weighted by molar-refractivity contribution is 14.0. The maximum Gasteiger partial charge on any atom is 0.251 e. The fraction of sp³-hybridized carbons (Fsp3) is 0.286. The van der Waals surface area contributed by atoms with Crippen molar-refractivity contribution in [2.75, 3.05) is 20.1 Å². The van der Waals surface area contributed by atoms with Gasteiger partial charge in [-0.1, -0.05) is 23.7 Å². The lowest BCUT2D eigenvalue weighted by molar-refractivity contribution is -0.117. The smallest absolute Gasteiger partial charge is 0.251 e. The van der Waals surface area contributed by atoms with Crippen molar-refractivity contribution in [3.05, 3.63) is 64.7 Å². The van der Waals surface area contributed by atoms with Crippen LogP contribution in [0.25, 0.3) is 0 Å². The third kappa shape index (κ3) is 9.88. The van der Waals surface area contributed by atoms with Gasteiger partial charge in [0.2, 0.25) is 5.91 Å². The number of carbonyl (C=O) groups is 2. The molecule has 2 aromatic carbocycles. The first-order chi connectivity index (χ1) is 14.4. The summed E-state index contributed by atoms with van der Waals surface area (Å²) < 4.78 is 5.83. The van der Waals surface area contributed by atoms with Crippen molar-refractivity contribution < 1.29 is 14.3 Å². The lowest BCUT2D eigenvalue weighted by Gasteiger charge is -2.18. The Kier molecular flexibility index (Phi) is 11.7. The number of amides is 2. The third-order valence-corrected chi connectivity index (χ3v) is 4.28. The number of rotatable bonds is 9. The Bertz CT molecular complexity index is 876. The number of primary amides is 1. The molecule has 0 heterocycles. The Morgan fingerprint density at radius 1 is 1.06 bits per heavy atom. The summed E-state index contributed by atoms with van der Waals surface area (Å²) >= 11 is 5.88. The minimum atomic E-state index is -0.587. The summed E-state index contributed by atoms with van der Waals surface area (Å²) in [6.07, 6.45) is -0.0806. The number of guanidine groups is 1. The van der Waals surface area contributed by atoms with Gasteiger partial charge in [0.1, 0.15) is 11.9 Å². The van der Waals surface area contributed by atoms with Gasteiger partial charge in [0.15, 0.2) is 5.96 Å². The summed E-state index contributed by atoms with van der Waals surface area (Å²) in [6, 6.07) is 14.2. The summed E-state index contributed by atoms with van der Waals surface area (Å²) in [6.45, 7) is 2.84. The molecule has 0 aromatic heterocycles. The van der Waals surface area contributed by atoms with Gasteiger partial charge in [-0.2, -0.15) is 0 Å². The molecule has 0 bridgehead atoms. The van der Waals surface area contributed by atoms with Crippen molar-refractivity contribution in [1.82, 2.24) is 16.0 Å². The molecule has 0 aliphatic rings. The zero-order chi connectivity index (χ0) is 21.9. The maximum absolute atomic E-state index is 11.9. The molecule has 2 aromatic rings. The van der Waals surface area contributed by atoms with E-state index in [1.807, 2.05) is 31.2 Å². The molecule has 0 saturated heterocycles. The van der Waals surface area contributed by atoms with Crippen LogP contribution < -0.4 is 26.4 Å². The highest BCUT2D eigenvalue weighted by Gasteiger charge is 2.08. The molecule has 0 aliphatic heterocycles. The Hall–Kier alpha value is -2.53. The standard InChI is InChI=1S/C21H26ClN5O3.HI/c1-14(30-18-9-7-17(22)8-10-18)11-26-21(24-2)27-12-15-3-5-16(6-4-15)20(29)25-13-19(23)28;/h3-10,14H,11-13H2,1-2H3,(H2,23,28)(H,25,29)(H2,24,26,27);1H. The first-order valence-corrected chi connectivity index (χ1v) is 9.77. The van der Waals surface area contributed by atoms with E-state index in [1.54, 1.807) is 31.3 Å². The zero-order valence-electron chi connectivity index (χ0n) is 17.4. The van der Waals surface area contributed by atoms with Gasteiger partial charge in [0, 0.05) is 24.2 Å². The predicted molar refractivity (Wildman–Crippen MR) is 133 cm³/mol. The molecule has 2 amide bonds. The number of nitrogens with one attached hydrogen (secondary N) is 3. The van der Waals surface area contributed by atoms with Gasteiger partial charge >= 0.3 is 0 Å². The Morgan fingerprint density at radius 3 is 2.29 bits per heavy atom. The lowest BCUT2D eigenvalue weighted by atomic mass is 10.1. The number of nitrogens with two attached hydrogens (primary N) is 1. The van der Waals surface area contributed by atoms with Gasteiger partial charge in [-0.25, -0.2) is 0 Å². The second-order valence-corrected chi connectivity index (χ2v) is 6.97. The van der Waals surface area contributed by atoms with Crippen LogP contribution >= 0.6 is 35.6 Å². The molecule has 0 aliphatic carbocycles. The van der Waals surface area contributed by atoms with Gasteiger partial charge in [-0.3, -0.25) is 14.6 Å². The summed E-state index contributed by atoms with van der Waals surface area (Å²) in [5.74, 6) is 0.442. The van der Waals surface area contributed by atoms with Crippen LogP contribution in [-0.4, -0.2) is 44.0 Å². The van der Waals surface area contributed by atoms with Crippen molar-refractivity contribution in [3.63, 3.8) is 0 Å². The Morgan fingerprint density at radius 2 is 1.71 bits per heavy atom. The van der Waals surface area contributed by atoms with Gasteiger partial charge in [0.25, 0.3) is 5.91 Å². The SMILES string of the molecule is CN=C(NCc1ccc(C(=O)NCC(N)=O)cc1)NCC(C)Oc1ccc(Cl)cc1.I. The molecule has 31 heavy (non-hydrogen) atoms. The molecule has 1 atom stereocenters. The van der Waals surface area contributed by atoms with Crippen molar-refractivity contribution in [2.45, 2.75) is 19.6 Å². The van der Waals surface area contributed by atoms with E-state index in [1.165, 1.54) is 0 Å². The fourth-order valence-electron chi connectivity index (χ4n) is 2.48. The van der Waals surface area contributed by atoms with E-state index in [2.05, 4.69) is 20.9 Å². The van der Waals surface area contributed by atoms with E-state index >= 15 is 0 Å². The van der Waals surface area contributed by atoms with Crippen molar-refractivity contribution >= 4 is 53.4 Å². The van der Waals surface area contributed by atoms with Crippen LogP contribution in [0.15, 0.2) is 53.5 Å². The largest absolute Gasteiger partial charge is 0.489 e. The van der Waals surface area contributed by atoms with Crippen LogP contribution in [0.4, 0.5) is 0 Å². The molecule has 0 fully saturated rings. The lowest BCUT2D eigenvalue weighted by Crippen LogP contribution is -2.41. The molecule has 0 saturated carbocycles. The number of carbonyl (C=O) groups excluding carboxylic acids is 2. The van der Waals surface area contributed by atoms with E-state index in [9.17, 15) is 9.59 Å². The van der Waals surface area contributed by atoms with Crippen LogP contribution in [0.2, 0.25) is 5.02 Å². The quantitative estimate of drug-likeness (QED) is 0.214. The summed E-state index contributed by atoms with van der Waals surface area (Å²) in [5.41, 5.74) is 6.44. The van der Waals surface area contributed by atoms with Crippen LogP contribution in [0.3, 0.4) is 0 Å². The molecule has 2 rings (SSSR count). The van der Waals surface area contributed by atoms with Crippen LogP contribution in [0.5, 0.6) is 5.75 Å². The highest BCUT2D eigenvalue weighted by atomic mass is 127. The molecular formula is C21H27ClIN5O3. The number of ether oxygens (including phenoxy) is 1. The third-order valence-electron chi connectivity index (χ3n) is 4.03. The van der Waals surface area contributed by atoms with Crippen LogP contribution in [0.1, 0.15) is 22.8 Å². The van der Waals surface area contributed by atoms with Gasteiger partial charge in [-0.05, 0) is 48.9 Å². The molecule has 168 valence electrons. The van der Waals surface area contributed by atoms with Gasteiger partial charge in [0.05, 0.1) is 13.1 Å². The predicted octanol–water partition coefficient (Wildman–Crippen LogP) is 2.31. The average molecular weight is 560 g/mol. The van der Waals surface area contributed by atoms with E-state index in [0.29, 0.717) is 29.6 Å². The number of aliphatic imine (C=N–C) groups is 1. The Balaban J connectivity index is 0.00000480. The first kappa shape index (κ1) is 26.5. The fourth-order valence-corrected chi connectivity index (χ4v) is 2.60. The van der Waals surface area contributed by atoms with Crippen LogP contribution in [0, 0.1) is 0 Å². The van der Waals surface area contributed by atoms with E-state index in [4.69, 9.17) is 22.1 Å². The summed E-state index contributed by atoms with van der Waals surface area (Å²) in [4.78, 5) is 26.8. The monoisotopic (exact) mass is 559 g/mol. The molecule has 0 radical (unpaired) electrons. The Labute approximate surface area is 204 Å². The minimum Gasteiger partial charge on any atom is -0.489 e. The maximum atomic E-state index is 11.9. The first-order valence-electron chi connectivity index (χ1n) is 9.39. The number of nitrogens with zero attached hydrogens (tertiary/aromatic N) is 1. The van der Waals surface area contributed by atoms with E-state index in [-0.39, 0.29) is 42.5 Å². The van der Waals surface area contributed by atoms with E-state index in [0.717, 1.165) is 11.3 Å². The topological polar surface area (TPSA) is 118 Å². The molecule has 1 unspecified atom stereocenters. The number of hydrogen-bond donors (Lipinski definition) is 4. The molecular weight excluding hydrogens is 533 g/mol. The van der Waals surface area contributed by atoms with Crippen LogP contribution in [-0.2, 0) is 11.3 Å².